The topological polar surface area (TPSA) is 59.3 Å². The highest BCUT2D eigenvalue weighted by Gasteiger charge is 2.23. The first kappa shape index (κ1) is 14.3. The molecule has 0 aromatic carbocycles. The minimum absolute atomic E-state index is 0.822. The smallest absolute Gasteiger partial charge is 0.147 e. The van der Waals surface area contributed by atoms with Gasteiger partial charge in [0.15, 0.2) is 0 Å². The third-order valence-electron chi connectivity index (χ3n) is 4.22. The molecule has 0 spiro atoms. The molecule has 2 aliphatic rings. The Balaban J connectivity index is 1.41. The van der Waals surface area contributed by atoms with E-state index >= 15 is 0 Å². The molecule has 7 nitrogen and oxygen atoms in total. The summed E-state index contributed by atoms with van der Waals surface area (Å²) in [6.07, 6.45) is 1.87. The van der Waals surface area contributed by atoms with Gasteiger partial charge >= 0.3 is 0 Å². The lowest BCUT2D eigenvalue weighted by molar-refractivity contribution is 0.0323. The number of morpholine rings is 1. The SMILES string of the molecule is c1csc(CN2CCn3c(CN4CCOCC4)nnc3C2)n1. The molecule has 0 unspecified atom stereocenters. The van der Waals surface area contributed by atoms with E-state index in [1.807, 2.05) is 11.6 Å². The largest absolute Gasteiger partial charge is 0.379 e. The van der Waals surface area contributed by atoms with Crippen LogP contribution in [0, 0.1) is 0 Å². The van der Waals surface area contributed by atoms with Gasteiger partial charge in [0.2, 0.25) is 0 Å². The van der Waals surface area contributed by atoms with Crippen LogP contribution in [0.3, 0.4) is 0 Å². The Morgan fingerprint density at radius 1 is 1.05 bits per heavy atom. The van der Waals surface area contributed by atoms with Gasteiger partial charge in [-0.3, -0.25) is 9.80 Å². The molecule has 22 heavy (non-hydrogen) atoms. The fraction of sp³-hybridized carbons (Fsp3) is 0.643. The van der Waals surface area contributed by atoms with Crippen molar-refractivity contribution in [1.82, 2.24) is 29.5 Å². The molecule has 118 valence electrons. The molecule has 0 bridgehead atoms. The first-order valence-electron chi connectivity index (χ1n) is 7.70. The van der Waals surface area contributed by atoms with Crippen LogP contribution in [0.2, 0.25) is 0 Å². The highest BCUT2D eigenvalue weighted by molar-refractivity contribution is 7.09. The summed E-state index contributed by atoms with van der Waals surface area (Å²) in [4.78, 5) is 9.15. The Labute approximate surface area is 133 Å². The number of hydrogen-bond donors (Lipinski definition) is 0. The summed E-state index contributed by atoms with van der Waals surface area (Å²) in [6.45, 7) is 8.25. The lowest BCUT2D eigenvalue weighted by Crippen LogP contribution is -2.38. The quantitative estimate of drug-likeness (QED) is 0.821. The monoisotopic (exact) mass is 320 g/mol. The molecule has 0 amide bonds. The number of hydrogen-bond acceptors (Lipinski definition) is 7. The minimum atomic E-state index is 0.822. The minimum Gasteiger partial charge on any atom is -0.379 e. The zero-order chi connectivity index (χ0) is 14.8. The Morgan fingerprint density at radius 3 is 2.77 bits per heavy atom. The average Bonchev–Trinajstić information content (AvgIpc) is 3.19. The van der Waals surface area contributed by atoms with Crippen LogP contribution >= 0.6 is 11.3 Å². The highest BCUT2D eigenvalue weighted by Crippen LogP contribution is 2.17. The van der Waals surface area contributed by atoms with Crippen LogP contribution < -0.4 is 0 Å². The standard InChI is InChI=1S/C14H20N6OS/c1-8-22-14(15-1)11-19-2-3-20-12(16-17-13(20)10-19)9-18-4-6-21-7-5-18/h1,8H,2-7,9-11H2. The fourth-order valence-electron chi connectivity index (χ4n) is 3.00. The molecule has 1 fully saturated rings. The molecule has 0 saturated carbocycles. The predicted octanol–water partition coefficient (Wildman–Crippen LogP) is 0.583. The van der Waals surface area contributed by atoms with Crippen LogP contribution in [-0.2, 0) is 30.9 Å². The maximum Gasteiger partial charge on any atom is 0.147 e. The van der Waals surface area contributed by atoms with Gasteiger partial charge in [0, 0.05) is 37.8 Å². The Kier molecular flexibility index (Phi) is 4.15. The summed E-state index contributed by atoms with van der Waals surface area (Å²) in [7, 11) is 0. The van der Waals surface area contributed by atoms with Gasteiger partial charge < -0.3 is 9.30 Å². The lowest BCUT2D eigenvalue weighted by Gasteiger charge is -2.29. The number of rotatable bonds is 4. The van der Waals surface area contributed by atoms with Crippen molar-refractivity contribution in [1.29, 1.82) is 0 Å². The van der Waals surface area contributed by atoms with E-state index in [1.54, 1.807) is 11.3 Å². The molecular weight excluding hydrogens is 300 g/mol. The van der Waals surface area contributed by atoms with E-state index < -0.39 is 0 Å². The molecule has 0 aliphatic carbocycles. The third-order valence-corrected chi connectivity index (χ3v) is 4.98. The normalized spacial score (nSPS) is 20.2. The van der Waals surface area contributed by atoms with Gasteiger partial charge in [-0.1, -0.05) is 0 Å². The molecular formula is C14H20N6OS. The van der Waals surface area contributed by atoms with Crippen LogP contribution in [0.5, 0.6) is 0 Å². The Bertz CT molecular complexity index is 607. The van der Waals surface area contributed by atoms with Crippen molar-refractivity contribution < 1.29 is 4.74 Å². The van der Waals surface area contributed by atoms with Crippen molar-refractivity contribution in [3.8, 4) is 0 Å². The number of nitrogens with zero attached hydrogens (tertiary/aromatic N) is 6. The number of aromatic nitrogens is 4. The third kappa shape index (κ3) is 3.05. The van der Waals surface area contributed by atoms with E-state index in [0.717, 1.165) is 70.7 Å². The highest BCUT2D eigenvalue weighted by atomic mass is 32.1. The fourth-order valence-corrected chi connectivity index (χ4v) is 3.66. The first-order chi connectivity index (χ1) is 10.9. The first-order valence-corrected chi connectivity index (χ1v) is 8.58. The molecule has 0 radical (unpaired) electrons. The van der Waals surface area contributed by atoms with E-state index in [1.165, 1.54) is 5.01 Å². The number of fused-ring (bicyclic) bond motifs is 1. The van der Waals surface area contributed by atoms with Crippen molar-refractivity contribution >= 4 is 11.3 Å². The van der Waals surface area contributed by atoms with Crippen molar-refractivity contribution in [2.75, 3.05) is 32.8 Å². The second-order valence-corrected chi connectivity index (χ2v) is 6.69. The van der Waals surface area contributed by atoms with Gasteiger partial charge in [-0.25, -0.2) is 4.98 Å². The van der Waals surface area contributed by atoms with E-state index in [2.05, 4.69) is 29.5 Å². The molecule has 0 N–H and O–H groups in total. The molecule has 2 aliphatic heterocycles. The van der Waals surface area contributed by atoms with Gasteiger partial charge in [0.1, 0.15) is 16.7 Å². The molecule has 2 aromatic rings. The molecule has 0 atom stereocenters. The Hall–Kier alpha value is -1.35. The van der Waals surface area contributed by atoms with Crippen molar-refractivity contribution in [3.63, 3.8) is 0 Å². The van der Waals surface area contributed by atoms with Crippen molar-refractivity contribution in [2.24, 2.45) is 0 Å². The van der Waals surface area contributed by atoms with E-state index in [0.29, 0.717) is 0 Å². The lowest BCUT2D eigenvalue weighted by atomic mass is 10.3. The maximum absolute atomic E-state index is 5.40. The van der Waals surface area contributed by atoms with E-state index in [9.17, 15) is 0 Å². The summed E-state index contributed by atoms with van der Waals surface area (Å²) in [6, 6.07) is 0. The van der Waals surface area contributed by atoms with Gasteiger partial charge in [0.25, 0.3) is 0 Å². The number of thiazole rings is 1. The van der Waals surface area contributed by atoms with E-state index in [4.69, 9.17) is 4.74 Å². The summed E-state index contributed by atoms with van der Waals surface area (Å²) >= 11 is 1.71. The molecule has 1 saturated heterocycles. The van der Waals surface area contributed by atoms with Crippen LogP contribution in [0.15, 0.2) is 11.6 Å². The molecule has 2 aromatic heterocycles. The van der Waals surface area contributed by atoms with Gasteiger partial charge in [-0.2, -0.15) is 0 Å². The summed E-state index contributed by atoms with van der Waals surface area (Å²) in [5, 5.41) is 12.0. The second-order valence-electron chi connectivity index (χ2n) is 5.71. The van der Waals surface area contributed by atoms with Crippen LogP contribution in [-0.4, -0.2) is 62.4 Å². The zero-order valence-corrected chi connectivity index (χ0v) is 13.3. The summed E-state index contributed by atoms with van der Waals surface area (Å²) < 4.78 is 7.68. The van der Waals surface area contributed by atoms with Gasteiger partial charge in [-0.05, 0) is 0 Å². The van der Waals surface area contributed by atoms with Crippen LogP contribution in [0.4, 0.5) is 0 Å². The predicted molar refractivity (Wildman–Crippen MR) is 82.3 cm³/mol. The van der Waals surface area contributed by atoms with Gasteiger partial charge in [0.05, 0.1) is 32.8 Å². The maximum atomic E-state index is 5.40. The van der Waals surface area contributed by atoms with Crippen LogP contribution in [0.25, 0.3) is 0 Å². The molecule has 4 heterocycles. The summed E-state index contributed by atoms with van der Waals surface area (Å²) in [5.41, 5.74) is 0. The van der Waals surface area contributed by atoms with E-state index in [-0.39, 0.29) is 0 Å². The van der Waals surface area contributed by atoms with Gasteiger partial charge in [-0.15, -0.1) is 21.5 Å². The average molecular weight is 320 g/mol. The van der Waals surface area contributed by atoms with Crippen LogP contribution in [0.1, 0.15) is 16.7 Å². The summed E-state index contributed by atoms with van der Waals surface area (Å²) in [5.74, 6) is 2.16. The second kappa shape index (κ2) is 6.41. The molecule has 8 heteroatoms. The van der Waals surface area contributed by atoms with Crippen molar-refractivity contribution in [2.45, 2.75) is 26.2 Å². The zero-order valence-electron chi connectivity index (χ0n) is 12.5. The van der Waals surface area contributed by atoms with Crippen molar-refractivity contribution in [3.05, 3.63) is 28.2 Å². The Morgan fingerprint density at radius 2 is 1.95 bits per heavy atom. The molecule has 4 rings (SSSR count). The number of ether oxygens (including phenoxy) is 1.